The standard InChI is InChI=1S/C13H24N4O2/c1-4-19-8-12(10(2)3)16-13(18)11-7-17(6-5-14)9-15-11/h7,9-10,12H,4-6,8,14H2,1-3H3,(H,16,18). The third kappa shape index (κ3) is 5.00. The summed E-state index contributed by atoms with van der Waals surface area (Å²) in [4.78, 5) is 16.1. The number of ether oxygens (including phenoxy) is 1. The van der Waals surface area contributed by atoms with Gasteiger partial charge in [0.15, 0.2) is 0 Å². The first kappa shape index (κ1) is 15.7. The van der Waals surface area contributed by atoms with Crippen LogP contribution in [0.4, 0.5) is 0 Å². The van der Waals surface area contributed by atoms with Crippen molar-refractivity contribution < 1.29 is 9.53 Å². The van der Waals surface area contributed by atoms with Gasteiger partial charge in [-0.1, -0.05) is 13.8 Å². The lowest BCUT2D eigenvalue weighted by Gasteiger charge is -2.21. The molecular formula is C13H24N4O2. The zero-order valence-corrected chi connectivity index (χ0v) is 11.9. The lowest BCUT2D eigenvalue weighted by atomic mass is 10.1. The van der Waals surface area contributed by atoms with Crippen LogP contribution >= 0.6 is 0 Å². The summed E-state index contributed by atoms with van der Waals surface area (Å²) in [6, 6.07) is -0.00731. The van der Waals surface area contributed by atoms with E-state index in [2.05, 4.69) is 24.1 Å². The molecule has 0 fully saturated rings. The summed E-state index contributed by atoms with van der Waals surface area (Å²) in [6.07, 6.45) is 3.33. The minimum Gasteiger partial charge on any atom is -0.380 e. The fourth-order valence-electron chi connectivity index (χ4n) is 1.64. The molecule has 0 aromatic carbocycles. The lowest BCUT2D eigenvalue weighted by molar-refractivity contribution is 0.0802. The topological polar surface area (TPSA) is 82.2 Å². The van der Waals surface area contributed by atoms with Crippen molar-refractivity contribution in [1.82, 2.24) is 14.9 Å². The Hall–Kier alpha value is -1.40. The first-order valence-corrected chi connectivity index (χ1v) is 6.68. The Labute approximate surface area is 114 Å². The molecule has 0 bridgehead atoms. The molecule has 0 aliphatic rings. The molecular weight excluding hydrogens is 244 g/mol. The van der Waals surface area contributed by atoms with E-state index in [1.54, 1.807) is 12.5 Å². The number of imidazole rings is 1. The predicted octanol–water partition coefficient (Wildman–Crippen LogP) is 0.633. The SMILES string of the molecule is CCOCC(NC(=O)c1cn(CCN)cn1)C(C)C. The molecule has 0 spiro atoms. The number of rotatable bonds is 8. The molecule has 0 saturated carbocycles. The number of amides is 1. The van der Waals surface area contributed by atoms with E-state index in [4.69, 9.17) is 10.5 Å². The number of nitrogens with two attached hydrogens (primary N) is 1. The third-order valence-electron chi connectivity index (χ3n) is 2.88. The van der Waals surface area contributed by atoms with Crippen LogP contribution in [0.15, 0.2) is 12.5 Å². The third-order valence-corrected chi connectivity index (χ3v) is 2.88. The minimum absolute atomic E-state index is 0.00731. The molecule has 1 unspecified atom stereocenters. The number of hydrogen-bond donors (Lipinski definition) is 2. The van der Waals surface area contributed by atoms with Crippen molar-refractivity contribution >= 4 is 5.91 Å². The van der Waals surface area contributed by atoms with E-state index in [0.29, 0.717) is 37.9 Å². The summed E-state index contributed by atoms with van der Waals surface area (Å²) in [5, 5.41) is 2.95. The van der Waals surface area contributed by atoms with Crippen LogP contribution in [-0.2, 0) is 11.3 Å². The normalized spacial score (nSPS) is 12.7. The Morgan fingerprint density at radius 3 is 2.89 bits per heavy atom. The van der Waals surface area contributed by atoms with Gasteiger partial charge in [0.1, 0.15) is 5.69 Å². The monoisotopic (exact) mass is 268 g/mol. The fraction of sp³-hybridized carbons (Fsp3) is 0.692. The number of aromatic nitrogens is 2. The highest BCUT2D eigenvalue weighted by Crippen LogP contribution is 2.04. The van der Waals surface area contributed by atoms with Gasteiger partial charge in [0, 0.05) is 25.9 Å². The van der Waals surface area contributed by atoms with Gasteiger partial charge in [0.2, 0.25) is 0 Å². The van der Waals surface area contributed by atoms with Gasteiger partial charge < -0.3 is 20.4 Å². The molecule has 1 rings (SSSR count). The van der Waals surface area contributed by atoms with Crippen LogP contribution in [-0.4, -0.2) is 41.3 Å². The molecule has 0 saturated heterocycles. The maximum Gasteiger partial charge on any atom is 0.271 e. The zero-order valence-electron chi connectivity index (χ0n) is 11.9. The van der Waals surface area contributed by atoms with E-state index >= 15 is 0 Å². The molecule has 0 aliphatic heterocycles. The lowest BCUT2D eigenvalue weighted by Crippen LogP contribution is -2.42. The highest BCUT2D eigenvalue weighted by molar-refractivity contribution is 5.92. The van der Waals surface area contributed by atoms with Gasteiger partial charge >= 0.3 is 0 Å². The van der Waals surface area contributed by atoms with E-state index in [-0.39, 0.29) is 11.9 Å². The van der Waals surface area contributed by atoms with E-state index in [0.717, 1.165) is 0 Å². The second-order valence-electron chi connectivity index (χ2n) is 4.77. The fourth-order valence-corrected chi connectivity index (χ4v) is 1.64. The molecule has 1 atom stereocenters. The summed E-state index contributed by atoms with van der Waals surface area (Å²) >= 11 is 0. The van der Waals surface area contributed by atoms with Crippen molar-refractivity contribution in [1.29, 1.82) is 0 Å². The smallest absolute Gasteiger partial charge is 0.271 e. The summed E-state index contributed by atoms with van der Waals surface area (Å²) in [6.45, 7) is 8.39. The molecule has 19 heavy (non-hydrogen) atoms. The number of carbonyl (C=O) groups excluding carboxylic acids is 1. The van der Waals surface area contributed by atoms with Crippen molar-refractivity contribution in [2.24, 2.45) is 11.7 Å². The molecule has 6 heteroatoms. The number of nitrogens with zero attached hydrogens (tertiary/aromatic N) is 2. The number of hydrogen-bond acceptors (Lipinski definition) is 4. The van der Waals surface area contributed by atoms with Crippen molar-refractivity contribution in [2.75, 3.05) is 19.8 Å². The van der Waals surface area contributed by atoms with Gasteiger partial charge in [-0.05, 0) is 12.8 Å². The summed E-state index contributed by atoms with van der Waals surface area (Å²) in [5.41, 5.74) is 5.87. The summed E-state index contributed by atoms with van der Waals surface area (Å²) in [7, 11) is 0. The van der Waals surface area contributed by atoms with Gasteiger partial charge in [-0.25, -0.2) is 4.98 Å². The van der Waals surface area contributed by atoms with E-state index < -0.39 is 0 Å². The maximum atomic E-state index is 12.1. The van der Waals surface area contributed by atoms with Crippen LogP contribution in [0, 0.1) is 5.92 Å². The Kier molecular flexibility index (Phi) is 6.52. The van der Waals surface area contributed by atoms with Crippen molar-refractivity contribution in [3.63, 3.8) is 0 Å². The Bertz CT molecular complexity index is 390. The molecule has 1 aromatic rings. The summed E-state index contributed by atoms with van der Waals surface area (Å²) < 4.78 is 7.19. The molecule has 1 heterocycles. The first-order valence-electron chi connectivity index (χ1n) is 6.68. The Balaban J connectivity index is 2.59. The molecule has 1 amide bonds. The Morgan fingerprint density at radius 1 is 1.58 bits per heavy atom. The average Bonchev–Trinajstić information content (AvgIpc) is 2.83. The van der Waals surface area contributed by atoms with Gasteiger partial charge in [0.25, 0.3) is 5.91 Å². The van der Waals surface area contributed by atoms with Crippen molar-refractivity contribution in [3.8, 4) is 0 Å². The molecule has 3 N–H and O–H groups in total. The van der Waals surface area contributed by atoms with E-state index in [1.807, 2.05) is 11.5 Å². The van der Waals surface area contributed by atoms with Crippen LogP contribution in [0.25, 0.3) is 0 Å². The zero-order chi connectivity index (χ0) is 14.3. The van der Waals surface area contributed by atoms with Crippen LogP contribution in [0.5, 0.6) is 0 Å². The Morgan fingerprint density at radius 2 is 2.32 bits per heavy atom. The average molecular weight is 268 g/mol. The van der Waals surface area contributed by atoms with Gasteiger partial charge in [-0.3, -0.25) is 4.79 Å². The van der Waals surface area contributed by atoms with Crippen LogP contribution in [0.2, 0.25) is 0 Å². The number of carbonyl (C=O) groups is 1. The van der Waals surface area contributed by atoms with Gasteiger partial charge in [-0.2, -0.15) is 0 Å². The minimum atomic E-state index is -0.172. The highest BCUT2D eigenvalue weighted by atomic mass is 16.5. The first-order chi connectivity index (χ1) is 9.08. The second kappa shape index (κ2) is 7.91. The van der Waals surface area contributed by atoms with Gasteiger partial charge in [0.05, 0.1) is 19.0 Å². The van der Waals surface area contributed by atoms with E-state index in [1.165, 1.54) is 0 Å². The molecule has 0 aliphatic carbocycles. The van der Waals surface area contributed by atoms with Crippen molar-refractivity contribution in [2.45, 2.75) is 33.4 Å². The second-order valence-corrected chi connectivity index (χ2v) is 4.77. The van der Waals surface area contributed by atoms with Gasteiger partial charge in [-0.15, -0.1) is 0 Å². The molecule has 108 valence electrons. The molecule has 1 aromatic heterocycles. The predicted molar refractivity (Wildman–Crippen MR) is 73.9 cm³/mol. The quantitative estimate of drug-likeness (QED) is 0.724. The van der Waals surface area contributed by atoms with Crippen molar-refractivity contribution in [3.05, 3.63) is 18.2 Å². The molecule has 6 nitrogen and oxygen atoms in total. The number of nitrogens with one attached hydrogen (secondary N) is 1. The highest BCUT2D eigenvalue weighted by Gasteiger charge is 2.18. The van der Waals surface area contributed by atoms with E-state index in [9.17, 15) is 4.79 Å². The van der Waals surface area contributed by atoms with Crippen LogP contribution in [0.3, 0.4) is 0 Å². The van der Waals surface area contributed by atoms with Crippen LogP contribution in [0.1, 0.15) is 31.3 Å². The largest absolute Gasteiger partial charge is 0.380 e. The summed E-state index contributed by atoms with van der Waals surface area (Å²) in [5.74, 6) is 0.135. The molecule has 0 radical (unpaired) electrons. The maximum absolute atomic E-state index is 12.1. The van der Waals surface area contributed by atoms with Crippen LogP contribution < -0.4 is 11.1 Å².